The normalized spacial score (nSPS) is 12.1. The highest BCUT2D eigenvalue weighted by molar-refractivity contribution is 7.09. The van der Waals surface area contributed by atoms with Crippen molar-refractivity contribution < 1.29 is 0 Å². The van der Waals surface area contributed by atoms with Gasteiger partial charge in [0.2, 0.25) is 0 Å². The van der Waals surface area contributed by atoms with Crippen LogP contribution in [0, 0.1) is 0 Å². The highest BCUT2D eigenvalue weighted by Crippen LogP contribution is 2.18. The maximum atomic E-state index is 4.62. The fourth-order valence-corrected chi connectivity index (χ4v) is 2.38. The lowest BCUT2D eigenvalue weighted by atomic mass is 10.1. The second-order valence-corrected chi connectivity index (χ2v) is 6.05. The number of rotatable bonds is 6. The van der Waals surface area contributed by atoms with E-state index in [0.29, 0.717) is 0 Å². The van der Waals surface area contributed by atoms with Gasteiger partial charge in [0, 0.05) is 30.6 Å². The van der Waals surface area contributed by atoms with Crippen molar-refractivity contribution in [1.29, 1.82) is 0 Å². The average molecular weight is 253 g/mol. The Labute approximate surface area is 109 Å². The van der Waals surface area contributed by atoms with Gasteiger partial charge in [-0.2, -0.15) is 0 Å². The van der Waals surface area contributed by atoms with Crippen LogP contribution in [0.3, 0.4) is 0 Å². The number of hydrogen-bond acceptors (Lipinski definition) is 4. The van der Waals surface area contributed by atoms with Crippen molar-refractivity contribution in [1.82, 2.24) is 15.2 Å². The summed E-state index contributed by atoms with van der Waals surface area (Å²) in [5, 5.41) is 6.42. The van der Waals surface area contributed by atoms with E-state index in [1.807, 2.05) is 13.1 Å². The van der Waals surface area contributed by atoms with Gasteiger partial charge in [-0.15, -0.1) is 17.9 Å². The molecule has 0 atom stereocenters. The molecule has 96 valence electrons. The first kappa shape index (κ1) is 14.4. The molecule has 0 amide bonds. The van der Waals surface area contributed by atoms with Crippen LogP contribution in [0.2, 0.25) is 0 Å². The Morgan fingerprint density at radius 2 is 2.24 bits per heavy atom. The Morgan fingerprint density at radius 3 is 2.76 bits per heavy atom. The van der Waals surface area contributed by atoms with E-state index in [-0.39, 0.29) is 5.54 Å². The SMILES string of the molecule is C=CCN(Cc1csc(CNC)n1)C(C)(C)C. The third-order valence-corrected chi connectivity index (χ3v) is 3.48. The van der Waals surface area contributed by atoms with Crippen molar-refractivity contribution in [2.45, 2.75) is 39.4 Å². The van der Waals surface area contributed by atoms with E-state index < -0.39 is 0 Å². The molecule has 0 spiro atoms. The van der Waals surface area contributed by atoms with Crippen LogP contribution in [0.25, 0.3) is 0 Å². The number of nitrogens with zero attached hydrogens (tertiary/aromatic N) is 2. The summed E-state index contributed by atoms with van der Waals surface area (Å²) in [4.78, 5) is 6.99. The van der Waals surface area contributed by atoms with Gasteiger partial charge in [-0.3, -0.25) is 4.90 Å². The van der Waals surface area contributed by atoms with Crippen molar-refractivity contribution in [3.63, 3.8) is 0 Å². The van der Waals surface area contributed by atoms with Gasteiger partial charge in [0.25, 0.3) is 0 Å². The van der Waals surface area contributed by atoms with Gasteiger partial charge in [-0.05, 0) is 27.8 Å². The molecule has 1 N–H and O–H groups in total. The van der Waals surface area contributed by atoms with Crippen LogP contribution < -0.4 is 5.32 Å². The summed E-state index contributed by atoms with van der Waals surface area (Å²) in [6.45, 7) is 13.1. The fraction of sp³-hybridized carbons (Fsp3) is 0.615. The van der Waals surface area contributed by atoms with Gasteiger partial charge in [-0.1, -0.05) is 6.08 Å². The summed E-state index contributed by atoms with van der Waals surface area (Å²) in [5.74, 6) is 0. The van der Waals surface area contributed by atoms with Crippen LogP contribution in [-0.4, -0.2) is 29.0 Å². The van der Waals surface area contributed by atoms with Gasteiger partial charge >= 0.3 is 0 Å². The molecule has 0 unspecified atom stereocenters. The zero-order chi connectivity index (χ0) is 12.9. The molecule has 1 aromatic rings. The molecule has 0 aliphatic heterocycles. The monoisotopic (exact) mass is 253 g/mol. The van der Waals surface area contributed by atoms with E-state index in [4.69, 9.17) is 0 Å². The third-order valence-electron chi connectivity index (χ3n) is 2.58. The molecule has 0 radical (unpaired) electrons. The molecule has 1 aromatic heterocycles. The number of thiazole rings is 1. The van der Waals surface area contributed by atoms with Crippen molar-refractivity contribution in [3.8, 4) is 0 Å². The van der Waals surface area contributed by atoms with E-state index in [1.54, 1.807) is 11.3 Å². The summed E-state index contributed by atoms with van der Waals surface area (Å²) in [6, 6.07) is 0. The van der Waals surface area contributed by atoms with E-state index in [1.165, 1.54) is 0 Å². The minimum atomic E-state index is 0.140. The molecule has 1 rings (SSSR count). The standard InChI is InChI=1S/C13H23N3S/c1-6-7-16(13(2,3)4)9-11-10-17-12(15-11)8-14-5/h6,10,14H,1,7-9H2,2-5H3. The molecule has 0 aliphatic carbocycles. The predicted molar refractivity (Wildman–Crippen MR) is 75.2 cm³/mol. The van der Waals surface area contributed by atoms with Crippen LogP contribution in [0.15, 0.2) is 18.0 Å². The topological polar surface area (TPSA) is 28.2 Å². The molecule has 4 heteroatoms. The van der Waals surface area contributed by atoms with Gasteiger partial charge in [0.1, 0.15) is 5.01 Å². The molecule has 0 bridgehead atoms. The molecule has 3 nitrogen and oxygen atoms in total. The van der Waals surface area contributed by atoms with Crippen molar-refractivity contribution in [3.05, 3.63) is 28.7 Å². The van der Waals surface area contributed by atoms with E-state index in [9.17, 15) is 0 Å². The molecule has 1 heterocycles. The average Bonchev–Trinajstić information content (AvgIpc) is 2.64. The molecule has 0 fully saturated rings. The smallest absolute Gasteiger partial charge is 0.107 e. The van der Waals surface area contributed by atoms with E-state index in [2.05, 4.69) is 47.9 Å². The highest BCUT2D eigenvalue weighted by Gasteiger charge is 2.20. The summed E-state index contributed by atoms with van der Waals surface area (Å²) < 4.78 is 0. The minimum Gasteiger partial charge on any atom is -0.314 e. The first-order chi connectivity index (χ1) is 7.97. The van der Waals surface area contributed by atoms with Gasteiger partial charge in [0.05, 0.1) is 5.69 Å². The largest absolute Gasteiger partial charge is 0.314 e. The van der Waals surface area contributed by atoms with Crippen LogP contribution in [0.5, 0.6) is 0 Å². The van der Waals surface area contributed by atoms with Gasteiger partial charge in [0.15, 0.2) is 0 Å². The lowest BCUT2D eigenvalue weighted by Gasteiger charge is -2.34. The maximum Gasteiger partial charge on any atom is 0.107 e. The number of hydrogen-bond donors (Lipinski definition) is 1. The maximum absolute atomic E-state index is 4.62. The summed E-state index contributed by atoms with van der Waals surface area (Å²) in [7, 11) is 1.94. The lowest BCUT2D eigenvalue weighted by Crippen LogP contribution is -2.40. The van der Waals surface area contributed by atoms with E-state index in [0.717, 1.165) is 30.3 Å². The second-order valence-electron chi connectivity index (χ2n) is 5.10. The zero-order valence-electron chi connectivity index (χ0n) is 11.3. The van der Waals surface area contributed by atoms with Crippen LogP contribution in [-0.2, 0) is 13.1 Å². The van der Waals surface area contributed by atoms with Crippen molar-refractivity contribution >= 4 is 11.3 Å². The predicted octanol–water partition coefficient (Wildman–Crippen LogP) is 2.65. The molecular weight excluding hydrogens is 230 g/mol. The Morgan fingerprint density at radius 1 is 1.53 bits per heavy atom. The van der Waals surface area contributed by atoms with Crippen LogP contribution >= 0.6 is 11.3 Å². The lowest BCUT2D eigenvalue weighted by molar-refractivity contribution is 0.144. The summed E-state index contributed by atoms with van der Waals surface area (Å²) in [6.07, 6.45) is 1.95. The molecule has 0 saturated carbocycles. The molecule has 17 heavy (non-hydrogen) atoms. The summed E-state index contributed by atoms with van der Waals surface area (Å²) >= 11 is 1.72. The van der Waals surface area contributed by atoms with Gasteiger partial charge < -0.3 is 5.32 Å². The quantitative estimate of drug-likeness (QED) is 0.790. The number of nitrogens with one attached hydrogen (secondary N) is 1. The first-order valence-corrected chi connectivity index (χ1v) is 6.79. The Kier molecular flexibility index (Phi) is 5.31. The summed E-state index contributed by atoms with van der Waals surface area (Å²) in [5.41, 5.74) is 1.29. The van der Waals surface area contributed by atoms with Crippen molar-refractivity contribution in [2.75, 3.05) is 13.6 Å². The minimum absolute atomic E-state index is 0.140. The Bertz CT molecular complexity index is 352. The van der Waals surface area contributed by atoms with Crippen LogP contribution in [0.4, 0.5) is 0 Å². The molecule has 0 saturated heterocycles. The van der Waals surface area contributed by atoms with Crippen LogP contribution in [0.1, 0.15) is 31.5 Å². The molecule has 0 aromatic carbocycles. The highest BCUT2D eigenvalue weighted by atomic mass is 32.1. The molecular formula is C13H23N3S. The van der Waals surface area contributed by atoms with Crippen molar-refractivity contribution in [2.24, 2.45) is 0 Å². The van der Waals surface area contributed by atoms with E-state index >= 15 is 0 Å². The Hall–Kier alpha value is -0.710. The third kappa shape index (κ3) is 4.58. The van der Waals surface area contributed by atoms with Gasteiger partial charge in [-0.25, -0.2) is 4.98 Å². The number of aromatic nitrogens is 1. The second kappa shape index (κ2) is 6.28. The zero-order valence-corrected chi connectivity index (χ0v) is 12.1. The first-order valence-electron chi connectivity index (χ1n) is 5.91. The molecule has 0 aliphatic rings. The fourth-order valence-electron chi connectivity index (χ4n) is 1.58. The Balaban J connectivity index is 2.68.